The molecule has 0 saturated carbocycles. The van der Waals surface area contributed by atoms with Crippen molar-refractivity contribution in [3.8, 4) is 0 Å². The highest BCUT2D eigenvalue weighted by atomic mass is 16.3. The van der Waals surface area contributed by atoms with E-state index in [2.05, 4.69) is 6.92 Å². The summed E-state index contributed by atoms with van der Waals surface area (Å²) >= 11 is 0. The molecule has 0 aliphatic rings. The fourth-order valence-corrected chi connectivity index (χ4v) is 0.672. The van der Waals surface area contributed by atoms with Crippen LogP contribution in [0.15, 0.2) is 0 Å². The minimum absolute atomic E-state index is 0.371. The lowest BCUT2D eigenvalue weighted by Crippen LogP contribution is -2.07. The van der Waals surface area contributed by atoms with Gasteiger partial charge in [0.15, 0.2) is 0 Å². The van der Waals surface area contributed by atoms with Crippen molar-refractivity contribution in [2.24, 2.45) is 0 Å². The first-order chi connectivity index (χ1) is 4.16. The average Bonchev–Trinajstić information content (AvgIpc) is 1.63. The quantitative estimate of drug-likeness (QED) is 0.552. The molecule has 0 saturated heterocycles. The lowest BCUT2D eigenvalue weighted by Gasteiger charge is -2.03. The van der Waals surface area contributed by atoms with Crippen LogP contribution in [-0.4, -0.2) is 16.9 Å². The highest BCUT2D eigenvalue weighted by Gasteiger charge is 1.99. The van der Waals surface area contributed by atoms with Gasteiger partial charge in [-0.1, -0.05) is 6.92 Å². The van der Waals surface area contributed by atoms with E-state index in [0.717, 1.165) is 6.42 Å². The SMILES string of the molecule is [CH2]CCC(=N)CC(C)O. The van der Waals surface area contributed by atoms with Crippen LogP contribution in [0.4, 0.5) is 0 Å². The second kappa shape index (κ2) is 4.50. The van der Waals surface area contributed by atoms with Gasteiger partial charge in [-0.3, -0.25) is 0 Å². The van der Waals surface area contributed by atoms with Gasteiger partial charge in [0.1, 0.15) is 0 Å². The van der Waals surface area contributed by atoms with Crippen molar-refractivity contribution in [1.82, 2.24) is 0 Å². The molecule has 2 heteroatoms. The maximum atomic E-state index is 8.79. The van der Waals surface area contributed by atoms with Gasteiger partial charge < -0.3 is 10.5 Å². The lowest BCUT2D eigenvalue weighted by atomic mass is 10.1. The number of nitrogens with one attached hydrogen (secondary N) is 1. The molecule has 1 unspecified atom stereocenters. The van der Waals surface area contributed by atoms with Gasteiger partial charge in [0.25, 0.3) is 0 Å². The van der Waals surface area contributed by atoms with E-state index in [1.54, 1.807) is 6.92 Å². The first kappa shape index (κ1) is 8.63. The topological polar surface area (TPSA) is 44.1 Å². The summed E-state index contributed by atoms with van der Waals surface area (Å²) in [6.07, 6.45) is 1.59. The van der Waals surface area contributed by atoms with Gasteiger partial charge in [-0.2, -0.15) is 0 Å². The van der Waals surface area contributed by atoms with Gasteiger partial charge in [0, 0.05) is 12.1 Å². The summed E-state index contributed by atoms with van der Waals surface area (Å²) < 4.78 is 0. The van der Waals surface area contributed by atoms with Crippen LogP contribution in [0.3, 0.4) is 0 Å². The Hall–Kier alpha value is -0.370. The minimum Gasteiger partial charge on any atom is -0.393 e. The fraction of sp³-hybridized carbons (Fsp3) is 0.714. The number of rotatable bonds is 4. The molecule has 0 aliphatic carbocycles. The molecule has 0 aromatic heterocycles. The molecule has 0 heterocycles. The van der Waals surface area contributed by atoms with Crippen LogP contribution < -0.4 is 0 Å². The smallest absolute Gasteiger partial charge is 0.0564 e. The van der Waals surface area contributed by atoms with E-state index in [9.17, 15) is 0 Å². The highest BCUT2D eigenvalue weighted by molar-refractivity contribution is 5.81. The molecule has 2 nitrogen and oxygen atoms in total. The molecule has 0 rings (SSSR count). The third-order valence-electron chi connectivity index (χ3n) is 1.02. The molecule has 0 spiro atoms. The number of aliphatic hydroxyl groups is 1. The van der Waals surface area contributed by atoms with Crippen LogP contribution in [0.25, 0.3) is 0 Å². The van der Waals surface area contributed by atoms with E-state index in [0.29, 0.717) is 18.6 Å². The molecule has 0 amide bonds. The molecule has 2 N–H and O–H groups in total. The van der Waals surface area contributed by atoms with Crippen LogP contribution >= 0.6 is 0 Å². The summed E-state index contributed by atoms with van der Waals surface area (Å²) in [7, 11) is 0. The summed E-state index contributed by atoms with van der Waals surface area (Å²) in [6.45, 7) is 5.30. The summed E-state index contributed by atoms with van der Waals surface area (Å²) in [5.41, 5.74) is 0.597. The molecule has 1 atom stereocenters. The Morgan fingerprint density at radius 1 is 1.78 bits per heavy atom. The highest BCUT2D eigenvalue weighted by Crippen LogP contribution is 1.97. The van der Waals surface area contributed by atoms with Gasteiger partial charge in [-0.15, -0.1) is 0 Å². The largest absolute Gasteiger partial charge is 0.393 e. The molecule has 9 heavy (non-hydrogen) atoms. The van der Waals surface area contributed by atoms with Crippen molar-refractivity contribution in [3.63, 3.8) is 0 Å². The Kier molecular flexibility index (Phi) is 4.32. The lowest BCUT2D eigenvalue weighted by molar-refractivity contribution is 0.202. The van der Waals surface area contributed by atoms with Crippen LogP contribution in [-0.2, 0) is 0 Å². The van der Waals surface area contributed by atoms with E-state index in [1.807, 2.05) is 0 Å². The Labute approximate surface area is 56.4 Å². The Morgan fingerprint density at radius 3 is 2.67 bits per heavy atom. The third kappa shape index (κ3) is 5.50. The first-order valence-corrected chi connectivity index (χ1v) is 3.20. The average molecular weight is 128 g/mol. The monoisotopic (exact) mass is 128 g/mol. The molecule has 0 fully saturated rings. The normalized spacial score (nSPS) is 13.2. The second-order valence-corrected chi connectivity index (χ2v) is 2.26. The maximum Gasteiger partial charge on any atom is 0.0564 e. The van der Waals surface area contributed by atoms with Crippen molar-refractivity contribution in [3.05, 3.63) is 6.92 Å². The summed E-state index contributed by atoms with van der Waals surface area (Å²) in [4.78, 5) is 0. The zero-order valence-electron chi connectivity index (χ0n) is 5.85. The zero-order valence-corrected chi connectivity index (χ0v) is 5.85. The van der Waals surface area contributed by atoms with E-state index in [-0.39, 0.29) is 6.10 Å². The predicted octanol–water partition coefficient (Wildman–Crippen LogP) is 1.39. The fourth-order valence-electron chi connectivity index (χ4n) is 0.672. The van der Waals surface area contributed by atoms with Crippen LogP contribution in [0.1, 0.15) is 26.2 Å². The van der Waals surface area contributed by atoms with Gasteiger partial charge in [0.05, 0.1) is 6.10 Å². The zero-order chi connectivity index (χ0) is 7.28. The first-order valence-electron chi connectivity index (χ1n) is 3.20. The van der Waals surface area contributed by atoms with E-state index < -0.39 is 0 Å². The van der Waals surface area contributed by atoms with Gasteiger partial charge >= 0.3 is 0 Å². The molecular formula is C7H14NO. The number of aliphatic hydroxyl groups excluding tert-OH is 1. The summed E-state index contributed by atoms with van der Waals surface area (Å²) in [5.74, 6) is 0. The van der Waals surface area contributed by atoms with E-state index in [1.165, 1.54) is 0 Å². The van der Waals surface area contributed by atoms with Gasteiger partial charge in [0.2, 0.25) is 0 Å². The van der Waals surface area contributed by atoms with Crippen molar-refractivity contribution in [1.29, 1.82) is 5.41 Å². The second-order valence-electron chi connectivity index (χ2n) is 2.26. The number of hydrogen-bond donors (Lipinski definition) is 2. The van der Waals surface area contributed by atoms with E-state index in [4.69, 9.17) is 10.5 Å². The van der Waals surface area contributed by atoms with Crippen molar-refractivity contribution < 1.29 is 5.11 Å². The third-order valence-corrected chi connectivity index (χ3v) is 1.02. The van der Waals surface area contributed by atoms with Gasteiger partial charge in [-0.25, -0.2) is 0 Å². The van der Waals surface area contributed by atoms with Crippen LogP contribution in [0.5, 0.6) is 0 Å². The molecule has 1 radical (unpaired) electrons. The Bertz CT molecular complexity index is 88.9. The predicted molar refractivity (Wildman–Crippen MR) is 38.6 cm³/mol. The number of hydrogen-bond acceptors (Lipinski definition) is 2. The van der Waals surface area contributed by atoms with Crippen molar-refractivity contribution >= 4 is 5.71 Å². The molecule has 0 aromatic rings. The standard InChI is InChI=1S/C7H14NO/c1-3-4-7(8)5-6(2)9/h6,8-9H,1,3-5H2,2H3. The van der Waals surface area contributed by atoms with Crippen LogP contribution in [0, 0.1) is 12.3 Å². The summed E-state index contributed by atoms with van der Waals surface area (Å²) in [5, 5.41) is 16.0. The van der Waals surface area contributed by atoms with Gasteiger partial charge in [-0.05, 0) is 19.8 Å². The maximum absolute atomic E-state index is 8.79. The van der Waals surface area contributed by atoms with Crippen LogP contribution in [0.2, 0.25) is 0 Å². The molecule has 0 bridgehead atoms. The Balaban J connectivity index is 3.27. The van der Waals surface area contributed by atoms with E-state index >= 15 is 0 Å². The molecule has 0 aliphatic heterocycles. The minimum atomic E-state index is -0.371. The molecular weight excluding hydrogens is 114 g/mol. The molecule has 0 aromatic carbocycles. The summed E-state index contributed by atoms with van der Waals surface area (Å²) in [6, 6.07) is 0. The van der Waals surface area contributed by atoms with Crippen molar-refractivity contribution in [2.45, 2.75) is 32.3 Å². The Morgan fingerprint density at radius 2 is 2.33 bits per heavy atom. The van der Waals surface area contributed by atoms with Crippen molar-refractivity contribution in [2.75, 3.05) is 0 Å². The molecule has 53 valence electrons.